The van der Waals surface area contributed by atoms with Gasteiger partial charge >= 0.3 is 0 Å². The lowest BCUT2D eigenvalue weighted by atomic mass is 10.1. The Morgan fingerprint density at radius 1 is 0.345 bits per heavy atom. The highest BCUT2D eigenvalue weighted by Gasteiger charge is 2.22. The lowest BCUT2D eigenvalue weighted by Gasteiger charge is -2.14. The summed E-state index contributed by atoms with van der Waals surface area (Å²) in [6.45, 7) is 0. The van der Waals surface area contributed by atoms with Crippen molar-refractivity contribution >= 4 is 87.4 Å². The fourth-order valence-electron chi connectivity index (χ4n) is 9.28. The van der Waals surface area contributed by atoms with Crippen LogP contribution in [0.5, 0.6) is 0 Å². The summed E-state index contributed by atoms with van der Waals surface area (Å²) in [5.41, 5.74) is 9.95. The molecule has 0 aliphatic carbocycles. The monoisotopic (exact) mass is 742 g/mol. The first-order chi connectivity index (χ1) is 28.8. The van der Waals surface area contributed by atoms with Gasteiger partial charge in [0.25, 0.3) is 0 Å². The number of furan rings is 1. The van der Waals surface area contributed by atoms with E-state index in [9.17, 15) is 0 Å². The molecule has 5 heterocycles. The van der Waals surface area contributed by atoms with E-state index in [0.717, 1.165) is 87.8 Å². The predicted octanol–water partition coefficient (Wildman–Crippen LogP) is 12.7. The Morgan fingerprint density at radius 3 is 1.36 bits per heavy atom. The van der Waals surface area contributed by atoms with E-state index in [4.69, 9.17) is 19.4 Å². The third-order valence-electron chi connectivity index (χ3n) is 11.7. The number of hydrogen-bond donors (Lipinski definition) is 0. The second kappa shape index (κ2) is 11.7. The van der Waals surface area contributed by atoms with Crippen LogP contribution in [0.3, 0.4) is 0 Å². The van der Waals surface area contributed by atoms with Crippen molar-refractivity contribution in [1.29, 1.82) is 0 Å². The summed E-state index contributed by atoms with van der Waals surface area (Å²) in [4.78, 5) is 16.0. The number of rotatable bonds is 4. The van der Waals surface area contributed by atoms with Gasteiger partial charge in [-0.1, -0.05) is 121 Å². The minimum Gasteiger partial charge on any atom is -0.456 e. The summed E-state index contributed by atoms with van der Waals surface area (Å²) in [5.74, 6) is 1.67. The lowest BCUT2D eigenvalue weighted by Crippen LogP contribution is -2.10. The van der Waals surface area contributed by atoms with Crippen molar-refractivity contribution in [1.82, 2.24) is 28.7 Å². The molecule has 8 aromatic carbocycles. The van der Waals surface area contributed by atoms with Crippen LogP contribution in [0.2, 0.25) is 0 Å². The van der Waals surface area contributed by atoms with E-state index in [2.05, 4.69) is 184 Å². The maximum absolute atomic E-state index is 6.41. The summed E-state index contributed by atoms with van der Waals surface area (Å²) >= 11 is 0. The normalized spacial score (nSPS) is 12.1. The Bertz CT molecular complexity index is 3590. The highest BCUT2D eigenvalue weighted by Crippen LogP contribution is 2.41. The van der Waals surface area contributed by atoms with Crippen molar-refractivity contribution in [3.63, 3.8) is 0 Å². The molecule has 0 atom stereocenters. The maximum Gasteiger partial charge on any atom is 0.240 e. The second-order valence-corrected chi connectivity index (χ2v) is 14.8. The average Bonchev–Trinajstić information content (AvgIpc) is 4.03. The number of aromatic nitrogens is 6. The van der Waals surface area contributed by atoms with Crippen LogP contribution in [0.15, 0.2) is 186 Å². The van der Waals surface area contributed by atoms with Crippen molar-refractivity contribution < 1.29 is 4.42 Å². The van der Waals surface area contributed by atoms with Gasteiger partial charge in [0, 0.05) is 49.0 Å². The predicted molar refractivity (Wildman–Crippen MR) is 236 cm³/mol. The molecule has 0 bridgehead atoms. The van der Waals surface area contributed by atoms with Crippen LogP contribution in [0.1, 0.15) is 0 Å². The first-order valence-electron chi connectivity index (χ1n) is 19.5. The summed E-state index contributed by atoms with van der Waals surface area (Å²) < 4.78 is 13.1. The molecule has 0 radical (unpaired) electrons. The van der Waals surface area contributed by atoms with Crippen molar-refractivity contribution in [3.8, 4) is 29.0 Å². The Hall–Kier alpha value is -8.03. The Kier molecular flexibility index (Phi) is 6.32. The molecule has 0 aliphatic heterocycles. The van der Waals surface area contributed by atoms with E-state index in [1.807, 2.05) is 12.1 Å². The zero-order valence-corrected chi connectivity index (χ0v) is 30.9. The number of nitrogens with zero attached hydrogens (tertiary/aromatic N) is 6. The molecular weight excluding hydrogens is 713 g/mol. The van der Waals surface area contributed by atoms with Crippen LogP contribution in [-0.4, -0.2) is 28.7 Å². The van der Waals surface area contributed by atoms with Crippen LogP contribution in [0.4, 0.5) is 0 Å². The van der Waals surface area contributed by atoms with Crippen molar-refractivity contribution in [3.05, 3.63) is 182 Å². The van der Waals surface area contributed by atoms with Crippen LogP contribution in [0, 0.1) is 0 Å². The van der Waals surface area contributed by atoms with Crippen molar-refractivity contribution in [2.45, 2.75) is 0 Å². The quantitative estimate of drug-likeness (QED) is 0.180. The van der Waals surface area contributed by atoms with Gasteiger partial charge in [-0.2, -0.15) is 15.0 Å². The van der Waals surface area contributed by atoms with E-state index in [1.54, 1.807) is 0 Å². The molecule has 58 heavy (non-hydrogen) atoms. The lowest BCUT2D eigenvalue weighted by molar-refractivity contribution is 0.669. The molecule has 0 saturated carbocycles. The van der Waals surface area contributed by atoms with Gasteiger partial charge < -0.3 is 8.98 Å². The Labute approximate surface area is 330 Å². The molecule has 7 nitrogen and oxygen atoms in total. The van der Waals surface area contributed by atoms with Crippen LogP contribution in [0.25, 0.3) is 116 Å². The molecule has 0 amide bonds. The molecule has 0 spiro atoms. The summed E-state index contributed by atoms with van der Waals surface area (Å²) in [6.07, 6.45) is 0. The molecule has 5 aromatic heterocycles. The smallest absolute Gasteiger partial charge is 0.240 e. The van der Waals surface area contributed by atoms with E-state index in [0.29, 0.717) is 17.7 Å². The molecule has 7 heteroatoms. The number of hydrogen-bond acceptors (Lipinski definition) is 4. The number of benzene rings is 8. The average molecular weight is 743 g/mol. The van der Waals surface area contributed by atoms with E-state index >= 15 is 0 Å². The third kappa shape index (κ3) is 4.30. The van der Waals surface area contributed by atoms with E-state index in [-0.39, 0.29) is 0 Å². The Morgan fingerprint density at radius 2 is 0.810 bits per heavy atom. The molecule has 13 rings (SSSR count). The SMILES string of the molecule is c1cc(-c2nc(-n3c4ccccc4c4ccccc43)nc(-n3c4ccccc4c4ccccc43)n2)cc(-n2c3ccccc3c3ccc4oc5ccccc5c4c32)c1. The molecule has 0 fully saturated rings. The molecule has 0 aliphatic rings. The summed E-state index contributed by atoms with van der Waals surface area (Å²) in [5, 5.41) is 9.11. The number of fused-ring (bicyclic) bond motifs is 13. The molecule has 0 unspecified atom stereocenters. The van der Waals surface area contributed by atoms with Crippen LogP contribution >= 0.6 is 0 Å². The molecule has 0 N–H and O–H groups in total. The van der Waals surface area contributed by atoms with Gasteiger partial charge in [-0.25, -0.2) is 0 Å². The van der Waals surface area contributed by atoms with Gasteiger partial charge in [-0.05, 0) is 60.7 Å². The zero-order valence-electron chi connectivity index (χ0n) is 30.9. The minimum atomic E-state index is 0.549. The molecule has 270 valence electrons. The standard InChI is InChI=1S/C51H30N6O/c1-8-23-41-33(16-1)34-17-2-9-24-42(34)56(41)50-52-49(53-51(54-50)57-43-25-10-3-18-35(43)36-19-4-11-26-44(36)57)31-14-13-15-32(30-31)55-40-22-7-5-20-37(40)38-28-29-46-47(48(38)55)39-21-6-12-27-45(39)58-46/h1-30H. The second-order valence-electron chi connectivity index (χ2n) is 14.8. The first kappa shape index (κ1) is 31.2. The summed E-state index contributed by atoms with van der Waals surface area (Å²) in [7, 11) is 0. The molecule has 13 aromatic rings. The zero-order chi connectivity index (χ0) is 37.9. The van der Waals surface area contributed by atoms with Crippen LogP contribution in [-0.2, 0) is 0 Å². The van der Waals surface area contributed by atoms with Gasteiger partial charge in [0.1, 0.15) is 11.2 Å². The first-order valence-corrected chi connectivity index (χ1v) is 19.5. The van der Waals surface area contributed by atoms with Gasteiger partial charge in [-0.15, -0.1) is 0 Å². The van der Waals surface area contributed by atoms with Gasteiger partial charge in [0.05, 0.1) is 38.5 Å². The third-order valence-corrected chi connectivity index (χ3v) is 11.7. The highest BCUT2D eigenvalue weighted by atomic mass is 16.3. The number of para-hydroxylation sites is 6. The van der Waals surface area contributed by atoms with Gasteiger partial charge in [0.15, 0.2) is 5.82 Å². The van der Waals surface area contributed by atoms with Crippen molar-refractivity contribution in [2.75, 3.05) is 0 Å². The topological polar surface area (TPSA) is 66.6 Å². The highest BCUT2D eigenvalue weighted by molar-refractivity contribution is 6.24. The fraction of sp³-hybridized carbons (Fsp3) is 0. The largest absolute Gasteiger partial charge is 0.456 e. The summed E-state index contributed by atoms with van der Waals surface area (Å²) in [6, 6.07) is 63.6. The molecular formula is C51H30N6O. The van der Waals surface area contributed by atoms with Gasteiger partial charge in [-0.3, -0.25) is 9.13 Å². The Balaban J connectivity index is 1.11. The maximum atomic E-state index is 6.41. The molecule has 0 saturated heterocycles. The van der Waals surface area contributed by atoms with Crippen LogP contribution < -0.4 is 0 Å². The van der Waals surface area contributed by atoms with Crippen molar-refractivity contribution in [2.24, 2.45) is 0 Å². The van der Waals surface area contributed by atoms with E-state index in [1.165, 1.54) is 10.8 Å². The fourth-order valence-corrected chi connectivity index (χ4v) is 9.28. The van der Waals surface area contributed by atoms with E-state index < -0.39 is 0 Å². The van der Waals surface area contributed by atoms with Gasteiger partial charge in [0.2, 0.25) is 11.9 Å². The minimum absolute atomic E-state index is 0.549.